The first kappa shape index (κ1) is 15.2. The van der Waals surface area contributed by atoms with E-state index in [-0.39, 0.29) is 11.9 Å². The second-order valence-corrected chi connectivity index (χ2v) is 5.30. The summed E-state index contributed by atoms with van der Waals surface area (Å²) in [6, 6.07) is 12.0. The van der Waals surface area contributed by atoms with Crippen molar-refractivity contribution < 1.29 is 9.53 Å². The molecule has 2 rings (SSSR count). The van der Waals surface area contributed by atoms with E-state index in [1.54, 1.807) is 0 Å². The summed E-state index contributed by atoms with van der Waals surface area (Å²) in [6.07, 6.45) is 0. The number of esters is 1. The zero-order chi connectivity index (χ0) is 15.4. The molecule has 0 radical (unpaired) electrons. The monoisotopic (exact) mass is 283 g/mol. The van der Waals surface area contributed by atoms with Crippen molar-refractivity contribution in [3.63, 3.8) is 0 Å². The number of rotatable bonds is 4. The van der Waals surface area contributed by atoms with Crippen molar-refractivity contribution in [1.82, 2.24) is 4.98 Å². The van der Waals surface area contributed by atoms with Crippen LogP contribution in [0.25, 0.3) is 11.3 Å². The summed E-state index contributed by atoms with van der Waals surface area (Å²) in [5, 5.41) is 0. The largest absolute Gasteiger partial charge is 0.462 e. The van der Waals surface area contributed by atoms with Gasteiger partial charge in [0, 0.05) is 5.56 Å². The number of carbonyl (C=O) groups excluding carboxylic acids is 1. The Bertz CT molecular complexity index is 633. The number of aryl methyl sites for hydroxylation is 1. The first-order valence-corrected chi connectivity index (χ1v) is 7.28. The fourth-order valence-electron chi connectivity index (χ4n) is 2.30. The molecular weight excluding hydrogens is 262 g/mol. The van der Waals surface area contributed by atoms with Gasteiger partial charge in [-0.05, 0) is 31.4 Å². The Morgan fingerprint density at radius 1 is 1.24 bits per heavy atom. The molecule has 0 saturated carbocycles. The third-order valence-electron chi connectivity index (χ3n) is 3.41. The molecule has 0 spiro atoms. The van der Waals surface area contributed by atoms with Gasteiger partial charge in [-0.15, -0.1) is 0 Å². The SMILES string of the molecule is CCOC(=O)c1cc(C(C)C)c(-c2ccccc2)nc1C. The Hall–Kier alpha value is -2.16. The van der Waals surface area contributed by atoms with Crippen molar-refractivity contribution in [2.45, 2.75) is 33.6 Å². The van der Waals surface area contributed by atoms with E-state index in [4.69, 9.17) is 4.74 Å². The molecule has 0 aliphatic carbocycles. The molecule has 3 nitrogen and oxygen atoms in total. The minimum atomic E-state index is -0.302. The summed E-state index contributed by atoms with van der Waals surface area (Å²) in [5.41, 5.74) is 4.34. The molecule has 0 aliphatic rings. The number of hydrogen-bond acceptors (Lipinski definition) is 3. The van der Waals surface area contributed by atoms with E-state index in [1.807, 2.05) is 50.2 Å². The second kappa shape index (κ2) is 6.53. The number of hydrogen-bond donors (Lipinski definition) is 0. The summed E-state index contributed by atoms with van der Waals surface area (Å²) >= 11 is 0. The van der Waals surface area contributed by atoms with E-state index in [0.29, 0.717) is 17.9 Å². The van der Waals surface area contributed by atoms with Crippen LogP contribution >= 0.6 is 0 Å². The van der Waals surface area contributed by atoms with Crippen molar-refractivity contribution in [1.29, 1.82) is 0 Å². The van der Waals surface area contributed by atoms with Crippen LogP contribution in [0.4, 0.5) is 0 Å². The van der Waals surface area contributed by atoms with Gasteiger partial charge in [0.1, 0.15) is 0 Å². The molecule has 2 aromatic rings. The Morgan fingerprint density at radius 3 is 2.48 bits per heavy atom. The van der Waals surface area contributed by atoms with Crippen LogP contribution < -0.4 is 0 Å². The maximum atomic E-state index is 12.0. The zero-order valence-corrected chi connectivity index (χ0v) is 13.0. The van der Waals surface area contributed by atoms with Crippen LogP contribution in [-0.4, -0.2) is 17.6 Å². The molecule has 110 valence electrons. The van der Waals surface area contributed by atoms with Crippen LogP contribution in [0.5, 0.6) is 0 Å². The second-order valence-electron chi connectivity index (χ2n) is 5.30. The van der Waals surface area contributed by atoms with Gasteiger partial charge in [-0.3, -0.25) is 4.98 Å². The van der Waals surface area contributed by atoms with E-state index in [9.17, 15) is 4.79 Å². The van der Waals surface area contributed by atoms with Gasteiger partial charge in [-0.25, -0.2) is 4.79 Å². The lowest BCUT2D eigenvalue weighted by Crippen LogP contribution is -2.10. The molecular formula is C18H21NO2. The van der Waals surface area contributed by atoms with E-state index in [1.165, 1.54) is 0 Å². The summed E-state index contributed by atoms with van der Waals surface area (Å²) < 4.78 is 5.11. The number of carbonyl (C=O) groups is 1. The lowest BCUT2D eigenvalue weighted by atomic mass is 9.94. The zero-order valence-electron chi connectivity index (χ0n) is 13.0. The molecule has 3 heteroatoms. The normalized spacial score (nSPS) is 10.7. The van der Waals surface area contributed by atoms with E-state index < -0.39 is 0 Å². The van der Waals surface area contributed by atoms with Gasteiger partial charge in [0.25, 0.3) is 0 Å². The number of pyridine rings is 1. The van der Waals surface area contributed by atoms with Gasteiger partial charge in [0.2, 0.25) is 0 Å². The highest BCUT2D eigenvalue weighted by Crippen LogP contribution is 2.29. The highest BCUT2D eigenvalue weighted by atomic mass is 16.5. The molecule has 1 heterocycles. The van der Waals surface area contributed by atoms with Crippen LogP contribution in [0.15, 0.2) is 36.4 Å². The average Bonchev–Trinajstić information content (AvgIpc) is 2.47. The molecule has 0 fully saturated rings. The van der Waals surface area contributed by atoms with Gasteiger partial charge in [0.05, 0.1) is 23.6 Å². The Balaban J connectivity index is 2.57. The highest BCUT2D eigenvalue weighted by molar-refractivity contribution is 5.91. The average molecular weight is 283 g/mol. The molecule has 1 aromatic carbocycles. The topological polar surface area (TPSA) is 39.2 Å². The molecule has 1 aromatic heterocycles. The molecule has 21 heavy (non-hydrogen) atoms. The lowest BCUT2D eigenvalue weighted by molar-refractivity contribution is 0.0525. The summed E-state index contributed by atoms with van der Waals surface area (Å²) in [5.74, 6) is -0.0227. The maximum absolute atomic E-state index is 12.0. The van der Waals surface area contributed by atoms with Gasteiger partial charge in [-0.2, -0.15) is 0 Å². The molecule has 0 bridgehead atoms. The smallest absolute Gasteiger partial charge is 0.339 e. The fraction of sp³-hybridized carbons (Fsp3) is 0.333. The first-order valence-electron chi connectivity index (χ1n) is 7.28. The first-order chi connectivity index (χ1) is 10.0. The van der Waals surface area contributed by atoms with Gasteiger partial charge in [0.15, 0.2) is 0 Å². The van der Waals surface area contributed by atoms with E-state index >= 15 is 0 Å². The standard InChI is InChI=1S/C18H21NO2/c1-5-21-18(20)16-11-15(12(2)3)17(19-13(16)4)14-9-7-6-8-10-14/h6-12H,5H2,1-4H3. The Labute approximate surface area is 126 Å². The van der Waals surface area contributed by atoms with Crippen molar-refractivity contribution in [3.05, 3.63) is 53.2 Å². The van der Waals surface area contributed by atoms with Crippen LogP contribution in [0, 0.1) is 6.92 Å². The number of nitrogens with zero attached hydrogens (tertiary/aromatic N) is 1. The quantitative estimate of drug-likeness (QED) is 0.783. The van der Waals surface area contributed by atoms with Gasteiger partial charge < -0.3 is 4.74 Å². The van der Waals surface area contributed by atoms with Crippen molar-refractivity contribution in [3.8, 4) is 11.3 Å². The summed E-state index contributed by atoms with van der Waals surface area (Å²) in [6.45, 7) is 8.24. The molecule has 0 amide bonds. The van der Waals surface area contributed by atoms with E-state index in [0.717, 1.165) is 16.8 Å². The molecule has 0 N–H and O–H groups in total. The number of aromatic nitrogens is 1. The molecule has 0 saturated heterocycles. The molecule has 0 atom stereocenters. The van der Waals surface area contributed by atoms with Crippen LogP contribution in [0.2, 0.25) is 0 Å². The summed E-state index contributed by atoms with van der Waals surface area (Å²) in [7, 11) is 0. The molecule has 0 aliphatic heterocycles. The molecule has 0 unspecified atom stereocenters. The van der Waals surface area contributed by atoms with Crippen molar-refractivity contribution >= 4 is 5.97 Å². The number of benzene rings is 1. The minimum absolute atomic E-state index is 0.279. The predicted octanol–water partition coefficient (Wildman–Crippen LogP) is 4.36. The predicted molar refractivity (Wildman–Crippen MR) is 84.5 cm³/mol. The van der Waals surface area contributed by atoms with Gasteiger partial charge >= 0.3 is 5.97 Å². The minimum Gasteiger partial charge on any atom is -0.462 e. The lowest BCUT2D eigenvalue weighted by Gasteiger charge is -2.15. The number of ether oxygens (including phenoxy) is 1. The van der Waals surface area contributed by atoms with Gasteiger partial charge in [-0.1, -0.05) is 44.2 Å². The van der Waals surface area contributed by atoms with Crippen molar-refractivity contribution in [2.24, 2.45) is 0 Å². The fourth-order valence-corrected chi connectivity index (χ4v) is 2.30. The highest BCUT2D eigenvalue weighted by Gasteiger charge is 2.18. The van der Waals surface area contributed by atoms with Crippen LogP contribution in [-0.2, 0) is 4.74 Å². The Kier molecular flexibility index (Phi) is 4.73. The Morgan fingerprint density at radius 2 is 1.90 bits per heavy atom. The van der Waals surface area contributed by atoms with E-state index in [2.05, 4.69) is 18.8 Å². The van der Waals surface area contributed by atoms with Crippen LogP contribution in [0.3, 0.4) is 0 Å². The summed E-state index contributed by atoms with van der Waals surface area (Å²) in [4.78, 5) is 16.7. The third-order valence-corrected chi connectivity index (χ3v) is 3.41. The maximum Gasteiger partial charge on any atom is 0.339 e. The third kappa shape index (κ3) is 3.30. The van der Waals surface area contributed by atoms with Crippen LogP contribution in [0.1, 0.15) is 48.3 Å². The van der Waals surface area contributed by atoms with Crippen molar-refractivity contribution in [2.75, 3.05) is 6.61 Å².